The van der Waals surface area contributed by atoms with Gasteiger partial charge >= 0.3 is 6.09 Å². The zero-order valence-corrected chi connectivity index (χ0v) is 22.3. The first-order valence-electron chi connectivity index (χ1n) is 12.1. The molecule has 3 unspecified atom stereocenters. The van der Waals surface area contributed by atoms with Gasteiger partial charge in [-0.3, -0.25) is 19.2 Å². The van der Waals surface area contributed by atoms with Crippen molar-refractivity contribution < 1.29 is 23.9 Å². The smallest absolute Gasteiger partial charge is 0.408 e. The molecule has 0 aromatic heterocycles. The number of likely N-dealkylation sites (tertiary alicyclic amines) is 1. The van der Waals surface area contributed by atoms with Gasteiger partial charge in [-0.15, -0.1) is 6.58 Å². The number of likely N-dealkylation sites (N-methyl/N-ethyl adjacent to an activating group) is 1. The quantitative estimate of drug-likeness (QED) is 0.211. The van der Waals surface area contributed by atoms with E-state index < -0.39 is 23.3 Å². The molecule has 3 amide bonds. The molecule has 9 nitrogen and oxygen atoms in total. The van der Waals surface area contributed by atoms with Crippen molar-refractivity contribution >= 4 is 36.1 Å². The van der Waals surface area contributed by atoms with Gasteiger partial charge in [-0.05, 0) is 85.2 Å². The molecular weight excluding hydrogens is 468 g/mol. The van der Waals surface area contributed by atoms with Crippen molar-refractivity contribution in [3.8, 4) is 0 Å². The van der Waals surface area contributed by atoms with Gasteiger partial charge in [0.05, 0.1) is 12.1 Å². The highest BCUT2D eigenvalue weighted by Crippen LogP contribution is 2.32. The highest BCUT2D eigenvalue weighted by molar-refractivity contribution is 7.98. The van der Waals surface area contributed by atoms with Crippen molar-refractivity contribution in [1.29, 1.82) is 0 Å². The van der Waals surface area contributed by atoms with E-state index >= 15 is 0 Å². The van der Waals surface area contributed by atoms with E-state index in [0.29, 0.717) is 30.8 Å². The van der Waals surface area contributed by atoms with E-state index in [2.05, 4.69) is 21.9 Å². The fourth-order valence-electron chi connectivity index (χ4n) is 3.68. The van der Waals surface area contributed by atoms with Crippen LogP contribution in [0.1, 0.15) is 66.2 Å². The van der Waals surface area contributed by atoms with Gasteiger partial charge in [-0.25, -0.2) is 4.79 Å². The number of ether oxygens (including phenoxy) is 1. The van der Waals surface area contributed by atoms with E-state index in [9.17, 15) is 19.2 Å². The first kappa shape index (κ1) is 28.9. The lowest BCUT2D eigenvalue weighted by molar-refractivity contribution is -0.132. The van der Waals surface area contributed by atoms with Crippen LogP contribution in [0, 0.1) is 0 Å². The average molecular weight is 509 g/mol. The maximum atomic E-state index is 13.0. The van der Waals surface area contributed by atoms with E-state index in [1.165, 1.54) is 18.0 Å². The lowest BCUT2D eigenvalue weighted by Gasteiger charge is -2.30. The minimum absolute atomic E-state index is 0.157. The Hall–Kier alpha value is -2.33. The monoisotopic (exact) mass is 508 g/mol. The molecule has 1 saturated carbocycles. The molecule has 0 spiro atoms. The number of hydrogen-bond acceptors (Lipinski definition) is 7. The Kier molecular flexibility index (Phi) is 10.4. The summed E-state index contributed by atoms with van der Waals surface area (Å²) in [6.07, 6.45) is 10.1. The summed E-state index contributed by atoms with van der Waals surface area (Å²) in [5, 5.41) is 5.89. The second-order valence-electron chi connectivity index (χ2n) is 10.4. The predicted molar refractivity (Wildman–Crippen MR) is 138 cm³/mol. The Morgan fingerprint density at radius 1 is 1.14 bits per heavy atom. The van der Waals surface area contributed by atoms with Gasteiger partial charge in [0.25, 0.3) is 5.91 Å². The normalized spacial score (nSPS) is 23.2. The van der Waals surface area contributed by atoms with E-state index in [0.717, 1.165) is 19.3 Å². The molecule has 1 aliphatic carbocycles. The third-order valence-electron chi connectivity index (χ3n) is 6.08. The van der Waals surface area contributed by atoms with E-state index in [-0.39, 0.29) is 23.9 Å². The molecule has 1 heterocycles. The molecule has 2 aliphatic rings. The van der Waals surface area contributed by atoms with Gasteiger partial charge in [0.15, 0.2) is 0 Å². The van der Waals surface area contributed by atoms with Crippen molar-refractivity contribution in [2.45, 2.75) is 101 Å². The molecule has 10 heteroatoms. The molecule has 0 aromatic carbocycles. The highest BCUT2D eigenvalue weighted by Gasteiger charge is 2.39. The second kappa shape index (κ2) is 12.6. The van der Waals surface area contributed by atoms with Crippen LogP contribution in [-0.4, -0.2) is 70.7 Å². The Morgan fingerprint density at radius 2 is 1.83 bits per heavy atom. The number of carbonyl (C=O) groups excluding carboxylic acids is 4. The first-order chi connectivity index (χ1) is 16.4. The van der Waals surface area contributed by atoms with Crippen LogP contribution in [0.5, 0.6) is 0 Å². The minimum atomic E-state index is -1.18. The number of hydrogen-bond donors (Lipinski definition) is 3. The minimum Gasteiger partial charge on any atom is -0.444 e. The first-order valence-corrected chi connectivity index (χ1v) is 13.0. The number of carbonyl (C=O) groups is 4. The summed E-state index contributed by atoms with van der Waals surface area (Å²) < 4.78 is 8.01. The standard InChI is InChI=1S/C25H40N4O5S/c1-7-25(5,22(32)28-35-19-13-14-19)27-21(31)20-15-12-18(29(20)6)11-9-8-10-17(16-30)26-23(33)34-24(2,3)4/h7-9,16-20H,1,10-15H2,2-6H3,(H,26,33)(H,27,31)(H,28,32)/b9-8-/t17?,18?,20?,25-/m1/s1. The molecule has 2 rings (SSSR count). The molecular formula is C25H40N4O5S. The molecule has 196 valence electrons. The van der Waals surface area contributed by atoms with Gasteiger partial charge in [0.1, 0.15) is 17.4 Å². The van der Waals surface area contributed by atoms with Gasteiger partial charge in [-0.2, -0.15) is 0 Å². The van der Waals surface area contributed by atoms with Crippen LogP contribution in [0.2, 0.25) is 0 Å². The van der Waals surface area contributed by atoms with Crippen LogP contribution in [0.3, 0.4) is 0 Å². The Bertz CT molecular complexity index is 823. The fraction of sp³-hybridized carbons (Fsp3) is 0.680. The summed E-state index contributed by atoms with van der Waals surface area (Å²) in [4.78, 5) is 50.8. The number of nitrogens with one attached hydrogen (secondary N) is 3. The van der Waals surface area contributed by atoms with E-state index in [1.807, 2.05) is 24.1 Å². The molecule has 3 N–H and O–H groups in total. The largest absolute Gasteiger partial charge is 0.444 e. The molecule has 1 aliphatic heterocycles. The summed E-state index contributed by atoms with van der Waals surface area (Å²) in [6.45, 7) is 10.7. The third-order valence-corrected chi connectivity index (χ3v) is 7.19. The van der Waals surface area contributed by atoms with Crippen LogP contribution in [0.15, 0.2) is 24.8 Å². The van der Waals surface area contributed by atoms with Gasteiger partial charge in [-0.1, -0.05) is 18.2 Å². The van der Waals surface area contributed by atoms with Crippen molar-refractivity contribution in [1.82, 2.24) is 20.3 Å². The number of amides is 3. The number of rotatable bonds is 12. The van der Waals surface area contributed by atoms with Crippen LogP contribution in [0.4, 0.5) is 4.79 Å². The molecule has 4 atom stereocenters. The molecule has 1 saturated heterocycles. The topological polar surface area (TPSA) is 117 Å². The second-order valence-corrected chi connectivity index (χ2v) is 11.5. The van der Waals surface area contributed by atoms with E-state index in [4.69, 9.17) is 4.74 Å². The van der Waals surface area contributed by atoms with Crippen molar-refractivity contribution in [3.63, 3.8) is 0 Å². The van der Waals surface area contributed by atoms with E-state index in [1.54, 1.807) is 27.7 Å². The maximum Gasteiger partial charge on any atom is 0.408 e. The Balaban J connectivity index is 1.81. The predicted octanol–water partition coefficient (Wildman–Crippen LogP) is 2.87. The van der Waals surface area contributed by atoms with Gasteiger partial charge in [0, 0.05) is 11.3 Å². The zero-order valence-electron chi connectivity index (χ0n) is 21.5. The highest BCUT2D eigenvalue weighted by atomic mass is 32.2. The summed E-state index contributed by atoms with van der Waals surface area (Å²) in [6, 6.07) is -0.848. The summed E-state index contributed by atoms with van der Waals surface area (Å²) >= 11 is 1.40. The molecule has 0 aromatic rings. The van der Waals surface area contributed by atoms with Crippen LogP contribution < -0.4 is 15.4 Å². The van der Waals surface area contributed by atoms with Crippen LogP contribution in [0.25, 0.3) is 0 Å². The molecule has 0 bridgehead atoms. The lowest BCUT2D eigenvalue weighted by Crippen LogP contribution is -2.58. The Labute approximate surface area is 213 Å². The molecule has 35 heavy (non-hydrogen) atoms. The number of aldehydes is 1. The average Bonchev–Trinajstić information content (AvgIpc) is 3.54. The molecule has 2 fully saturated rings. The summed E-state index contributed by atoms with van der Waals surface area (Å²) in [7, 11) is 1.91. The van der Waals surface area contributed by atoms with Gasteiger partial charge in [0.2, 0.25) is 5.91 Å². The number of nitrogens with zero attached hydrogens (tertiary/aromatic N) is 1. The molecule has 0 radical (unpaired) electrons. The van der Waals surface area contributed by atoms with Crippen molar-refractivity contribution in [3.05, 3.63) is 24.8 Å². The fourth-order valence-corrected chi connectivity index (χ4v) is 4.54. The summed E-state index contributed by atoms with van der Waals surface area (Å²) in [5.74, 6) is -0.474. The van der Waals surface area contributed by atoms with Crippen LogP contribution in [-0.2, 0) is 19.1 Å². The maximum absolute atomic E-state index is 13.0. The summed E-state index contributed by atoms with van der Waals surface area (Å²) in [5.41, 5.74) is -1.81. The van der Waals surface area contributed by atoms with Crippen LogP contribution >= 0.6 is 11.9 Å². The SMILES string of the molecule is C=C[C@@](C)(NC(=O)C1CCC(C/C=C\CC(C=O)NC(=O)OC(C)(C)C)N1C)C(=O)NSC1CC1. The lowest BCUT2D eigenvalue weighted by atomic mass is 10.0. The number of alkyl carbamates (subject to hydrolysis) is 1. The van der Waals surface area contributed by atoms with Crippen molar-refractivity contribution in [2.24, 2.45) is 0 Å². The van der Waals surface area contributed by atoms with Gasteiger partial charge < -0.3 is 20.2 Å². The van der Waals surface area contributed by atoms with Crippen molar-refractivity contribution in [2.75, 3.05) is 7.05 Å². The zero-order chi connectivity index (χ0) is 26.2. The third kappa shape index (κ3) is 9.33. The Morgan fingerprint density at radius 3 is 2.40 bits per heavy atom.